The third-order valence-corrected chi connectivity index (χ3v) is 2.66. The summed E-state index contributed by atoms with van der Waals surface area (Å²) in [7, 11) is 0. The highest BCUT2D eigenvalue weighted by Crippen LogP contribution is 2.34. The Kier molecular flexibility index (Phi) is 3.53. The number of nitrogens with one attached hydrogen (secondary N) is 1. The number of hydrogen-bond acceptors (Lipinski definition) is 3. The van der Waals surface area contributed by atoms with Crippen LogP contribution in [0.3, 0.4) is 0 Å². The maximum absolute atomic E-state index is 12.5. The molecule has 1 aromatic carbocycles. The highest BCUT2D eigenvalue weighted by atomic mass is 35.5. The van der Waals surface area contributed by atoms with Crippen LogP contribution in [0.25, 0.3) is 0 Å². The van der Waals surface area contributed by atoms with Crippen LogP contribution >= 0.6 is 11.6 Å². The summed E-state index contributed by atoms with van der Waals surface area (Å²) in [6, 6.07) is 6.28. The first-order chi connectivity index (χ1) is 8.86. The summed E-state index contributed by atoms with van der Waals surface area (Å²) in [6.07, 6.45) is -2.98. The van der Waals surface area contributed by atoms with Crippen molar-refractivity contribution in [2.45, 2.75) is 6.18 Å². The lowest BCUT2D eigenvalue weighted by Gasteiger charge is -2.11. The Morgan fingerprint density at radius 2 is 1.89 bits per heavy atom. The van der Waals surface area contributed by atoms with E-state index in [9.17, 15) is 13.2 Å². The number of hydrogen-bond donors (Lipinski definition) is 2. The summed E-state index contributed by atoms with van der Waals surface area (Å²) in [4.78, 5) is 3.97. The van der Waals surface area contributed by atoms with E-state index < -0.39 is 11.7 Å². The lowest BCUT2D eigenvalue weighted by molar-refractivity contribution is -0.137. The van der Waals surface area contributed by atoms with Crippen molar-refractivity contribution in [3.05, 3.63) is 47.1 Å². The predicted octanol–water partition coefficient (Wildman–Crippen LogP) is 4.08. The average Bonchev–Trinajstić information content (AvgIpc) is 2.33. The molecule has 3 N–H and O–H groups in total. The molecular formula is C12H9ClF3N3. The number of nitrogens with zero attached hydrogens (tertiary/aromatic N) is 1. The van der Waals surface area contributed by atoms with Crippen molar-refractivity contribution >= 4 is 28.8 Å². The zero-order chi connectivity index (χ0) is 14.0. The molecule has 0 saturated heterocycles. The second-order valence-electron chi connectivity index (χ2n) is 3.79. The monoisotopic (exact) mass is 287 g/mol. The first kappa shape index (κ1) is 13.5. The topological polar surface area (TPSA) is 50.9 Å². The van der Waals surface area contributed by atoms with Gasteiger partial charge >= 0.3 is 6.18 Å². The van der Waals surface area contributed by atoms with Crippen LogP contribution in [0, 0.1) is 0 Å². The molecule has 0 amide bonds. The molecule has 1 heterocycles. The molecule has 0 aliphatic carbocycles. The summed E-state index contributed by atoms with van der Waals surface area (Å²) in [5, 5.41) is 2.78. The maximum Gasteiger partial charge on any atom is 0.416 e. The van der Waals surface area contributed by atoms with Crippen LogP contribution < -0.4 is 11.1 Å². The molecule has 3 nitrogen and oxygen atoms in total. The van der Waals surface area contributed by atoms with Crippen molar-refractivity contribution < 1.29 is 13.2 Å². The SMILES string of the molecule is Nc1ccc(Nc2ccc(C(F)(F)F)cc2Cl)nc1. The zero-order valence-corrected chi connectivity index (χ0v) is 10.3. The van der Waals surface area contributed by atoms with E-state index >= 15 is 0 Å². The number of halogens is 4. The first-order valence-electron chi connectivity index (χ1n) is 5.21. The van der Waals surface area contributed by atoms with Gasteiger partial charge in [0.2, 0.25) is 0 Å². The summed E-state index contributed by atoms with van der Waals surface area (Å²) >= 11 is 5.80. The van der Waals surface area contributed by atoms with Gasteiger partial charge in [0.05, 0.1) is 28.2 Å². The number of pyridine rings is 1. The van der Waals surface area contributed by atoms with Crippen molar-refractivity contribution in [1.82, 2.24) is 4.98 Å². The molecule has 0 aliphatic heterocycles. The highest BCUT2D eigenvalue weighted by Gasteiger charge is 2.30. The maximum atomic E-state index is 12.5. The molecule has 100 valence electrons. The van der Waals surface area contributed by atoms with Crippen LogP contribution in [0.2, 0.25) is 5.02 Å². The minimum atomic E-state index is -4.42. The summed E-state index contributed by atoms with van der Waals surface area (Å²) in [5.41, 5.74) is 5.51. The molecule has 2 aromatic rings. The zero-order valence-electron chi connectivity index (χ0n) is 9.50. The Bertz CT molecular complexity index is 582. The van der Waals surface area contributed by atoms with Crippen LogP contribution in [-0.2, 0) is 6.18 Å². The van der Waals surface area contributed by atoms with E-state index in [-0.39, 0.29) is 5.02 Å². The summed E-state index contributed by atoms with van der Waals surface area (Å²) < 4.78 is 37.4. The molecular weight excluding hydrogens is 279 g/mol. The van der Waals surface area contributed by atoms with Crippen LogP contribution in [0.1, 0.15) is 5.56 Å². The van der Waals surface area contributed by atoms with E-state index in [0.717, 1.165) is 12.1 Å². The van der Waals surface area contributed by atoms with Gasteiger partial charge in [-0.2, -0.15) is 13.2 Å². The van der Waals surface area contributed by atoms with Gasteiger partial charge in [-0.15, -0.1) is 0 Å². The van der Waals surface area contributed by atoms with Crippen molar-refractivity contribution in [3.8, 4) is 0 Å². The fourth-order valence-electron chi connectivity index (χ4n) is 1.41. The van der Waals surface area contributed by atoms with Crippen molar-refractivity contribution in [2.24, 2.45) is 0 Å². The number of nitrogen functional groups attached to an aromatic ring is 1. The van der Waals surface area contributed by atoms with Gasteiger partial charge in [0.15, 0.2) is 0 Å². The van der Waals surface area contributed by atoms with Gasteiger partial charge in [0, 0.05) is 0 Å². The van der Waals surface area contributed by atoms with E-state index in [1.165, 1.54) is 12.3 Å². The second-order valence-corrected chi connectivity index (χ2v) is 4.20. The average molecular weight is 288 g/mol. The van der Waals surface area contributed by atoms with E-state index in [4.69, 9.17) is 17.3 Å². The Morgan fingerprint density at radius 1 is 1.16 bits per heavy atom. The van der Waals surface area contributed by atoms with Crippen molar-refractivity contribution in [2.75, 3.05) is 11.1 Å². The molecule has 0 radical (unpaired) electrons. The van der Waals surface area contributed by atoms with Gasteiger partial charge in [0.1, 0.15) is 5.82 Å². The molecule has 7 heteroatoms. The summed E-state index contributed by atoms with van der Waals surface area (Å²) in [6.45, 7) is 0. The molecule has 19 heavy (non-hydrogen) atoms. The van der Waals surface area contributed by atoms with Crippen molar-refractivity contribution in [3.63, 3.8) is 0 Å². The number of nitrogens with two attached hydrogens (primary N) is 1. The molecule has 0 fully saturated rings. The smallest absolute Gasteiger partial charge is 0.397 e. The van der Waals surface area contributed by atoms with E-state index in [2.05, 4.69) is 10.3 Å². The summed E-state index contributed by atoms with van der Waals surface area (Å²) in [5.74, 6) is 0.441. The van der Waals surface area contributed by atoms with E-state index in [1.54, 1.807) is 12.1 Å². The van der Waals surface area contributed by atoms with E-state index in [1.807, 2.05) is 0 Å². The molecule has 1 aromatic heterocycles. The quantitative estimate of drug-likeness (QED) is 0.875. The number of rotatable bonds is 2. The van der Waals surface area contributed by atoms with Crippen molar-refractivity contribution in [1.29, 1.82) is 0 Å². The van der Waals surface area contributed by atoms with Crippen LogP contribution in [0.4, 0.5) is 30.4 Å². The number of aromatic nitrogens is 1. The molecule has 2 rings (SSSR count). The van der Waals surface area contributed by atoms with Crippen LogP contribution in [-0.4, -0.2) is 4.98 Å². The van der Waals surface area contributed by atoms with Gasteiger partial charge in [-0.1, -0.05) is 11.6 Å². The fourth-order valence-corrected chi connectivity index (χ4v) is 1.64. The van der Waals surface area contributed by atoms with E-state index in [0.29, 0.717) is 17.2 Å². The Hall–Kier alpha value is -1.95. The second kappa shape index (κ2) is 4.97. The molecule has 0 spiro atoms. The number of anilines is 3. The largest absolute Gasteiger partial charge is 0.416 e. The molecule has 0 aliphatic rings. The van der Waals surface area contributed by atoms with Crippen LogP contribution in [0.5, 0.6) is 0 Å². The van der Waals surface area contributed by atoms with Gasteiger partial charge in [-0.25, -0.2) is 4.98 Å². The Morgan fingerprint density at radius 3 is 2.42 bits per heavy atom. The van der Waals surface area contributed by atoms with Gasteiger partial charge in [0.25, 0.3) is 0 Å². The molecule has 0 saturated carbocycles. The van der Waals surface area contributed by atoms with Gasteiger partial charge in [-0.3, -0.25) is 0 Å². The number of alkyl halides is 3. The standard InChI is InChI=1S/C12H9ClF3N3/c13-9-5-7(12(14,15)16)1-3-10(9)19-11-4-2-8(17)6-18-11/h1-6H,17H2,(H,18,19). The first-order valence-corrected chi connectivity index (χ1v) is 5.59. The number of benzene rings is 1. The molecule has 0 bridgehead atoms. The minimum Gasteiger partial charge on any atom is -0.397 e. The predicted molar refractivity (Wildman–Crippen MR) is 68.4 cm³/mol. The highest BCUT2D eigenvalue weighted by molar-refractivity contribution is 6.33. The lowest BCUT2D eigenvalue weighted by atomic mass is 10.2. The fraction of sp³-hybridized carbons (Fsp3) is 0.0833. The normalized spacial score (nSPS) is 11.4. The molecule has 0 atom stereocenters. The Balaban J connectivity index is 2.24. The third-order valence-electron chi connectivity index (χ3n) is 2.35. The minimum absolute atomic E-state index is 0.0338. The molecule has 0 unspecified atom stereocenters. The third kappa shape index (κ3) is 3.29. The lowest BCUT2D eigenvalue weighted by Crippen LogP contribution is -2.05. The van der Waals surface area contributed by atoms with Gasteiger partial charge < -0.3 is 11.1 Å². The van der Waals surface area contributed by atoms with Crippen LogP contribution in [0.15, 0.2) is 36.5 Å². The van der Waals surface area contributed by atoms with Gasteiger partial charge in [-0.05, 0) is 30.3 Å². The Labute approximate surface area is 112 Å².